The lowest BCUT2D eigenvalue weighted by molar-refractivity contribution is 0.0434. The van der Waals surface area contributed by atoms with E-state index in [9.17, 15) is 5.11 Å². The first kappa shape index (κ1) is 9.51. The van der Waals surface area contributed by atoms with Crippen molar-refractivity contribution in [2.45, 2.75) is 58.5 Å². The van der Waals surface area contributed by atoms with Crippen LogP contribution in [0.15, 0.2) is 0 Å². The molecule has 0 saturated heterocycles. The van der Waals surface area contributed by atoms with Crippen LogP contribution in [0.4, 0.5) is 0 Å². The Morgan fingerprint density at radius 3 is 2.46 bits per heavy atom. The molecule has 2 unspecified atom stereocenters. The molecule has 76 valence electrons. The number of aliphatic hydroxyl groups is 1. The Hall–Kier alpha value is -0.0400. The van der Waals surface area contributed by atoms with Crippen molar-refractivity contribution in [3.05, 3.63) is 0 Å². The van der Waals surface area contributed by atoms with Crippen LogP contribution in [0.2, 0.25) is 0 Å². The van der Waals surface area contributed by atoms with Gasteiger partial charge in [-0.1, -0.05) is 33.1 Å². The van der Waals surface area contributed by atoms with Gasteiger partial charge >= 0.3 is 0 Å². The summed E-state index contributed by atoms with van der Waals surface area (Å²) in [6.45, 7) is 4.64. The van der Waals surface area contributed by atoms with Gasteiger partial charge in [0.2, 0.25) is 0 Å². The quantitative estimate of drug-likeness (QED) is 0.711. The summed E-state index contributed by atoms with van der Waals surface area (Å²) in [5.41, 5.74) is 0.397. The first-order valence-electron chi connectivity index (χ1n) is 5.78. The summed E-state index contributed by atoms with van der Waals surface area (Å²) in [6, 6.07) is 0. The average molecular weight is 182 g/mol. The lowest BCUT2D eigenvalue weighted by atomic mass is 9.77. The summed E-state index contributed by atoms with van der Waals surface area (Å²) in [6.07, 6.45) is 7.67. The highest BCUT2D eigenvalue weighted by atomic mass is 16.3. The Bertz CT molecular complexity index is 182. The fourth-order valence-corrected chi connectivity index (χ4v) is 2.93. The molecule has 13 heavy (non-hydrogen) atoms. The highest BCUT2D eigenvalue weighted by molar-refractivity contribution is 4.91. The molecule has 0 aromatic carbocycles. The first-order chi connectivity index (χ1) is 6.09. The van der Waals surface area contributed by atoms with Crippen LogP contribution in [-0.2, 0) is 0 Å². The van der Waals surface area contributed by atoms with E-state index >= 15 is 0 Å². The van der Waals surface area contributed by atoms with E-state index in [-0.39, 0.29) is 6.10 Å². The van der Waals surface area contributed by atoms with Crippen LogP contribution in [0.1, 0.15) is 52.4 Å². The minimum absolute atomic E-state index is 0.00926. The summed E-state index contributed by atoms with van der Waals surface area (Å²) in [4.78, 5) is 0. The SMILES string of the molecule is CC1(C)CCCC1C(O)CC1CC1. The van der Waals surface area contributed by atoms with E-state index in [1.165, 1.54) is 32.1 Å². The van der Waals surface area contributed by atoms with Gasteiger partial charge in [-0.25, -0.2) is 0 Å². The van der Waals surface area contributed by atoms with Gasteiger partial charge in [-0.3, -0.25) is 0 Å². The maximum atomic E-state index is 10.1. The number of rotatable bonds is 3. The van der Waals surface area contributed by atoms with Crippen LogP contribution >= 0.6 is 0 Å². The van der Waals surface area contributed by atoms with E-state index in [1.807, 2.05) is 0 Å². The molecule has 0 bridgehead atoms. The fourth-order valence-electron chi connectivity index (χ4n) is 2.93. The molecular formula is C12H22O. The molecule has 2 atom stereocenters. The van der Waals surface area contributed by atoms with Crippen LogP contribution in [0.25, 0.3) is 0 Å². The maximum Gasteiger partial charge on any atom is 0.0576 e. The Morgan fingerprint density at radius 1 is 1.31 bits per heavy atom. The number of hydrogen-bond acceptors (Lipinski definition) is 1. The van der Waals surface area contributed by atoms with Gasteiger partial charge < -0.3 is 5.11 Å². The van der Waals surface area contributed by atoms with Crippen molar-refractivity contribution in [2.75, 3.05) is 0 Å². The lowest BCUT2D eigenvalue weighted by Gasteiger charge is -2.31. The molecule has 0 heterocycles. The zero-order valence-corrected chi connectivity index (χ0v) is 8.92. The summed E-state index contributed by atoms with van der Waals surface area (Å²) in [5, 5.41) is 10.1. The maximum absolute atomic E-state index is 10.1. The topological polar surface area (TPSA) is 20.2 Å². The van der Waals surface area contributed by atoms with Crippen LogP contribution in [0.5, 0.6) is 0 Å². The van der Waals surface area contributed by atoms with Crippen molar-refractivity contribution in [1.29, 1.82) is 0 Å². The molecule has 2 rings (SSSR count). The van der Waals surface area contributed by atoms with Crippen molar-refractivity contribution in [1.82, 2.24) is 0 Å². The monoisotopic (exact) mass is 182 g/mol. The molecule has 2 aliphatic rings. The summed E-state index contributed by atoms with van der Waals surface area (Å²) in [7, 11) is 0. The van der Waals surface area contributed by atoms with Crippen molar-refractivity contribution in [2.24, 2.45) is 17.3 Å². The average Bonchev–Trinajstić information content (AvgIpc) is 2.75. The molecule has 1 heteroatoms. The van der Waals surface area contributed by atoms with E-state index in [4.69, 9.17) is 0 Å². The summed E-state index contributed by atoms with van der Waals surface area (Å²) >= 11 is 0. The number of aliphatic hydroxyl groups excluding tert-OH is 1. The molecule has 0 aliphatic heterocycles. The van der Waals surface area contributed by atoms with Crippen molar-refractivity contribution in [3.8, 4) is 0 Å². The highest BCUT2D eigenvalue weighted by Crippen LogP contribution is 2.47. The molecule has 0 amide bonds. The minimum Gasteiger partial charge on any atom is -0.393 e. The summed E-state index contributed by atoms with van der Waals surface area (Å²) < 4.78 is 0. The third kappa shape index (κ3) is 2.07. The zero-order chi connectivity index (χ0) is 9.47. The first-order valence-corrected chi connectivity index (χ1v) is 5.78. The predicted molar refractivity (Wildman–Crippen MR) is 54.5 cm³/mol. The van der Waals surface area contributed by atoms with Crippen molar-refractivity contribution in [3.63, 3.8) is 0 Å². The minimum atomic E-state index is -0.00926. The smallest absolute Gasteiger partial charge is 0.0576 e. The van der Waals surface area contributed by atoms with E-state index in [2.05, 4.69) is 13.8 Å². The van der Waals surface area contributed by atoms with Gasteiger partial charge in [-0.05, 0) is 36.5 Å². The zero-order valence-electron chi connectivity index (χ0n) is 8.92. The van der Waals surface area contributed by atoms with Gasteiger partial charge in [0.05, 0.1) is 6.10 Å². The molecule has 0 spiro atoms. The fraction of sp³-hybridized carbons (Fsp3) is 1.00. The van der Waals surface area contributed by atoms with E-state index in [1.54, 1.807) is 0 Å². The van der Waals surface area contributed by atoms with Gasteiger partial charge in [0.1, 0.15) is 0 Å². The molecule has 2 fully saturated rings. The highest BCUT2D eigenvalue weighted by Gasteiger charge is 2.40. The molecule has 1 N–H and O–H groups in total. The second-order valence-electron chi connectivity index (χ2n) is 5.73. The Morgan fingerprint density at radius 2 is 2.00 bits per heavy atom. The molecule has 0 radical (unpaired) electrons. The standard InChI is InChI=1S/C12H22O/c1-12(2)7-3-4-10(12)11(13)8-9-5-6-9/h9-11,13H,3-8H2,1-2H3. The molecule has 0 aromatic rings. The van der Waals surface area contributed by atoms with E-state index in [0.29, 0.717) is 11.3 Å². The third-order valence-corrected chi connectivity index (χ3v) is 4.08. The van der Waals surface area contributed by atoms with E-state index in [0.717, 1.165) is 12.3 Å². The molecule has 2 saturated carbocycles. The third-order valence-electron chi connectivity index (χ3n) is 4.08. The molecular weight excluding hydrogens is 160 g/mol. The van der Waals surface area contributed by atoms with Crippen LogP contribution in [-0.4, -0.2) is 11.2 Å². The molecule has 1 nitrogen and oxygen atoms in total. The predicted octanol–water partition coefficient (Wildman–Crippen LogP) is 2.97. The Kier molecular flexibility index (Phi) is 2.39. The Labute approximate surface area is 81.5 Å². The summed E-state index contributed by atoms with van der Waals surface area (Å²) in [5.74, 6) is 1.44. The van der Waals surface area contributed by atoms with Crippen LogP contribution < -0.4 is 0 Å². The van der Waals surface area contributed by atoms with Crippen molar-refractivity contribution >= 4 is 0 Å². The molecule has 2 aliphatic carbocycles. The van der Waals surface area contributed by atoms with Gasteiger partial charge in [-0.2, -0.15) is 0 Å². The largest absolute Gasteiger partial charge is 0.393 e. The van der Waals surface area contributed by atoms with Gasteiger partial charge in [-0.15, -0.1) is 0 Å². The van der Waals surface area contributed by atoms with Gasteiger partial charge in [0, 0.05) is 0 Å². The van der Waals surface area contributed by atoms with Crippen LogP contribution in [0.3, 0.4) is 0 Å². The van der Waals surface area contributed by atoms with E-state index < -0.39 is 0 Å². The normalized spacial score (nSPS) is 34.8. The second kappa shape index (κ2) is 3.27. The van der Waals surface area contributed by atoms with Gasteiger partial charge in [0.25, 0.3) is 0 Å². The lowest BCUT2D eigenvalue weighted by Crippen LogP contribution is -2.29. The Balaban J connectivity index is 1.90. The number of hydrogen-bond donors (Lipinski definition) is 1. The molecule has 0 aromatic heterocycles. The second-order valence-corrected chi connectivity index (χ2v) is 5.73. The van der Waals surface area contributed by atoms with Crippen LogP contribution in [0, 0.1) is 17.3 Å². The van der Waals surface area contributed by atoms with Crippen molar-refractivity contribution < 1.29 is 5.11 Å². The van der Waals surface area contributed by atoms with Gasteiger partial charge in [0.15, 0.2) is 0 Å².